The molecule has 0 aliphatic rings. The van der Waals surface area contributed by atoms with Crippen molar-refractivity contribution in [2.24, 2.45) is 0 Å². The Morgan fingerprint density at radius 3 is 2.44 bits per heavy atom. The fourth-order valence-electron chi connectivity index (χ4n) is 3.97. The summed E-state index contributed by atoms with van der Waals surface area (Å²) in [5.74, 6) is -0.632. The first-order valence-corrected chi connectivity index (χ1v) is 12.0. The molecule has 0 saturated carbocycles. The van der Waals surface area contributed by atoms with Crippen LogP contribution in [0.2, 0.25) is 0 Å². The van der Waals surface area contributed by atoms with Crippen LogP contribution in [0.15, 0.2) is 64.0 Å². The number of hydrogen-bond donors (Lipinski definition) is 1. The van der Waals surface area contributed by atoms with Crippen LogP contribution in [0.25, 0.3) is 32.9 Å². The standard InChI is InChI=1S/C25H16F6N4O3S/c1-12-19(39-22(33-12)13-4-7-15(8-5-13)24(26,27)28)20(25(29,30)31)37-11-14-6-9-17(21-34-23(36)38-35-21)16-3-2-10-32-18(14)16/h2-10,20H,11H2,1H3,(H,34,35,36). The van der Waals surface area contributed by atoms with Crippen molar-refractivity contribution in [1.82, 2.24) is 20.1 Å². The topological polar surface area (TPSA) is 93.9 Å². The van der Waals surface area contributed by atoms with Crippen LogP contribution >= 0.6 is 11.3 Å². The highest BCUT2D eigenvalue weighted by Crippen LogP contribution is 2.43. The van der Waals surface area contributed by atoms with Crippen LogP contribution in [0.3, 0.4) is 0 Å². The largest absolute Gasteiger partial charge is 0.439 e. The molecule has 1 atom stereocenters. The van der Waals surface area contributed by atoms with Crippen molar-refractivity contribution in [3.8, 4) is 22.0 Å². The average molecular weight is 566 g/mol. The van der Waals surface area contributed by atoms with Gasteiger partial charge >= 0.3 is 18.1 Å². The van der Waals surface area contributed by atoms with Crippen LogP contribution in [-0.4, -0.2) is 26.3 Å². The maximum absolute atomic E-state index is 14.1. The Morgan fingerprint density at radius 2 is 1.79 bits per heavy atom. The van der Waals surface area contributed by atoms with E-state index in [0.29, 0.717) is 33.4 Å². The third-order valence-corrected chi connectivity index (χ3v) is 7.03. The highest BCUT2D eigenvalue weighted by atomic mass is 32.1. The van der Waals surface area contributed by atoms with Crippen molar-refractivity contribution >= 4 is 22.2 Å². The van der Waals surface area contributed by atoms with E-state index in [9.17, 15) is 31.1 Å². The molecular weight excluding hydrogens is 550 g/mol. The van der Waals surface area contributed by atoms with Gasteiger partial charge in [-0.05, 0) is 25.1 Å². The summed E-state index contributed by atoms with van der Waals surface area (Å²) in [7, 11) is 0. The van der Waals surface area contributed by atoms with E-state index in [-0.39, 0.29) is 27.0 Å². The number of rotatable bonds is 6. The van der Waals surface area contributed by atoms with Crippen molar-refractivity contribution in [2.75, 3.05) is 0 Å². The molecule has 3 aromatic heterocycles. The fraction of sp³-hybridized carbons (Fsp3) is 0.200. The van der Waals surface area contributed by atoms with Gasteiger partial charge in [0.25, 0.3) is 0 Å². The summed E-state index contributed by atoms with van der Waals surface area (Å²) in [5.41, 5.74) is 0.564. The number of aryl methyl sites for hydroxylation is 1. The van der Waals surface area contributed by atoms with Crippen molar-refractivity contribution in [1.29, 1.82) is 0 Å². The molecular formula is C25H16F6N4O3S. The molecule has 0 aliphatic carbocycles. The molecule has 0 amide bonds. The second-order valence-electron chi connectivity index (χ2n) is 8.39. The molecule has 0 aliphatic heterocycles. The quantitative estimate of drug-likeness (QED) is 0.226. The first-order chi connectivity index (χ1) is 18.4. The van der Waals surface area contributed by atoms with Gasteiger partial charge in [-0.2, -0.15) is 26.3 Å². The number of nitrogens with zero attached hydrogens (tertiary/aromatic N) is 3. The number of fused-ring (bicyclic) bond motifs is 1. The third-order valence-electron chi connectivity index (χ3n) is 5.78. The number of aromatic amines is 1. The first kappa shape index (κ1) is 26.6. The number of thiazole rings is 1. The molecule has 202 valence electrons. The Bertz CT molecular complexity index is 1690. The van der Waals surface area contributed by atoms with E-state index in [1.54, 1.807) is 18.2 Å². The Balaban J connectivity index is 1.45. The number of pyridine rings is 1. The van der Waals surface area contributed by atoms with Crippen LogP contribution in [-0.2, 0) is 17.5 Å². The molecule has 0 saturated heterocycles. The molecule has 5 rings (SSSR count). The van der Waals surface area contributed by atoms with E-state index in [0.717, 1.165) is 24.3 Å². The van der Waals surface area contributed by atoms with E-state index in [4.69, 9.17) is 4.74 Å². The van der Waals surface area contributed by atoms with Crippen molar-refractivity contribution in [3.05, 3.63) is 87.0 Å². The SMILES string of the molecule is Cc1nc(-c2ccc(C(F)(F)F)cc2)sc1C(OCc1ccc(-c2noc(=O)[nH]2)c2cccnc12)C(F)(F)F. The zero-order valence-corrected chi connectivity index (χ0v) is 20.5. The molecule has 3 heterocycles. The molecule has 5 aromatic rings. The lowest BCUT2D eigenvalue weighted by Gasteiger charge is -2.20. The van der Waals surface area contributed by atoms with E-state index < -0.39 is 36.4 Å². The van der Waals surface area contributed by atoms with Gasteiger partial charge in [0.2, 0.25) is 0 Å². The summed E-state index contributed by atoms with van der Waals surface area (Å²) in [4.78, 5) is 22.0. The Morgan fingerprint density at radius 1 is 1.05 bits per heavy atom. The monoisotopic (exact) mass is 566 g/mol. The van der Waals surface area contributed by atoms with Gasteiger partial charge in [-0.3, -0.25) is 14.5 Å². The number of aromatic nitrogens is 4. The van der Waals surface area contributed by atoms with Gasteiger partial charge < -0.3 is 4.74 Å². The minimum Gasteiger partial charge on any atom is -0.358 e. The third kappa shape index (κ3) is 5.43. The predicted molar refractivity (Wildman–Crippen MR) is 129 cm³/mol. The van der Waals surface area contributed by atoms with E-state index in [2.05, 4.69) is 24.6 Å². The molecule has 0 fully saturated rings. The summed E-state index contributed by atoms with van der Waals surface area (Å²) in [6.45, 7) is 0.909. The number of halogens is 6. The van der Waals surface area contributed by atoms with Crippen LogP contribution in [0.1, 0.15) is 27.8 Å². The molecule has 14 heteroatoms. The van der Waals surface area contributed by atoms with E-state index in [1.807, 2.05) is 0 Å². The molecule has 0 spiro atoms. The predicted octanol–water partition coefficient (Wildman–Crippen LogP) is 6.85. The van der Waals surface area contributed by atoms with Gasteiger partial charge in [0, 0.05) is 28.3 Å². The maximum atomic E-state index is 14.1. The molecule has 7 nitrogen and oxygen atoms in total. The van der Waals surface area contributed by atoms with Crippen LogP contribution < -0.4 is 5.76 Å². The van der Waals surface area contributed by atoms with Gasteiger partial charge in [0.1, 0.15) is 5.01 Å². The lowest BCUT2D eigenvalue weighted by Crippen LogP contribution is -2.23. The molecule has 1 unspecified atom stereocenters. The number of benzene rings is 2. The van der Waals surface area contributed by atoms with Crippen molar-refractivity contribution in [2.45, 2.75) is 32.0 Å². The summed E-state index contributed by atoms with van der Waals surface area (Å²) in [5, 5.41) is 4.29. The first-order valence-electron chi connectivity index (χ1n) is 11.2. The number of ether oxygens (including phenoxy) is 1. The Kier molecular flexibility index (Phi) is 6.76. The number of nitrogens with one attached hydrogen (secondary N) is 1. The lowest BCUT2D eigenvalue weighted by atomic mass is 10.0. The molecule has 0 bridgehead atoms. The highest BCUT2D eigenvalue weighted by Gasteiger charge is 2.44. The Labute approximate surface area is 219 Å². The Hall–Kier alpha value is -4.04. The minimum absolute atomic E-state index is 0.0468. The summed E-state index contributed by atoms with van der Waals surface area (Å²) in [6.07, 6.45) is -10.2. The minimum atomic E-state index is -4.81. The average Bonchev–Trinajstić information content (AvgIpc) is 3.48. The summed E-state index contributed by atoms with van der Waals surface area (Å²) in [6, 6.07) is 10.4. The molecule has 0 radical (unpaired) electrons. The normalized spacial score (nSPS) is 13.2. The van der Waals surface area contributed by atoms with Crippen molar-refractivity contribution < 1.29 is 35.6 Å². The number of H-pyrrole nitrogens is 1. The number of hydrogen-bond acceptors (Lipinski definition) is 7. The fourth-order valence-corrected chi connectivity index (χ4v) is 5.12. The van der Waals surface area contributed by atoms with Crippen LogP contribution in [0.4, 0.5) is 26.3 Å². The van der Waals surface area contributed by atoms with Gasteiger partial charge in [-0.25, -0.2) is 9.78 Å². The zero-order valence-electron chi connectivity index (χ0n) is 19.7. The van der Waals surface area contributed by atoms with Crippen molar-refractivity contribution in [3.63, 3.8) is 0 Å². The van der Waals surface area contributed by atoms with Crippen LogP contribution in [0.5, 0.6) is 0 Å². The maximum Gasteiger partial charge on any atom is 0.439 e. The summed E-state index contributed by atoms with van der Waals surface area (Å²) >= 11 is 0.696. The van der Waals surface area contributed by atoms with Gasteiger partial charge in [-0.1, -0.05) is 35.5 Å². The van der Waals surface area contributed by atoms with Gasteiger partial charge in [-0.15, -0.1) is 11.3 Å². The summed E-state index contributed by atoms with van der Waals surface area (Å²) < 4.78 is 91.0. The number of alkyl halides is 6. The zero-order chi connectivity index (χ0) is 27.9. The lowest BCUT2D eigenvalue weighted by molar-refractivity contribution is -0.226. The van der Waals surface area contributed by atoms with E-state index in [1.165, 1.54) is 19.2 Å². The second-order valence-corrected chi connectivity index (χ2v) is 9.42. The highest BCUT2D eigenvalue weighted by molar-refractivity contribution is 7.15. The van der Waals surface area contributed by atoms with Crippen LogP contribution in [0, 0.1) is 6.92 Å². The second kappa shape index (κ2) is 9.93. The van der Waals surface area contributed by atoms with Gasteiger partial charge in [0.05, 0.1) is 28.3 Å². The molecule has 2 aromatic carbocycles. The van der Waals surface area contributed by atoms with Gasteiger partial charge in [0.15, 0.2) is 11.9 Å². The van der Waals surface area contributed by atoms with E-state index >= 15 is 0 Å². The smallest absolute Gasteiger partial charge is 0.358 e. The molecule has 39 heavy (non-hydrogen) atoms. The molecule has 1 N–H and O–H groups in total.